The molecule has 0 unspecified atom stereocenters. The van der Waals surface area contributed by atoms with Crippen molar-refractivity contribution in [3.8, 4) is 5.69 Å². The number of hydrogen-bond donors (Lipinski definition) is 1. The third-order valence-electron chi connectivity index (χ3n) is 4.01. The number of benzene rings is 1. The first-order valence-electron chi connectivity index (χ1n) is 7.98. The zero-order chi connectivity index (χ0) is 17.6. The number of carbonyl (C=O) groups excluding carboxylic acids is 1. The lowest BCUT2D eigenvalue weighted by molar-refractivity contribution is 0.102. The first kappa shape index (κ1) is 15.5. The number of halogens is 1. The minimum Gasteiger partial charge on any atom is -0.448 e. The number of aromatic nitrogens is 4. The van der Waals surface area contributed by atoms with Gasteiger partial charge in [-0.15, -0.1) is 5.10 Å². The molecule has 1 aliphatic carbocycles. The summed E-state index contributed by atoms with van der Waals surface area (Å²) >= 11 is 0. The lowest BCUT2D eigenvalue weighted by Gasteiger charge is -2.09. The van der Waals surface area contributed by atoms with Crippen molar-refractivity contribution >= 4 is 11.9 Å². The van der Waals surface area contributed by atoms with Crippen molar-refractivity contribution in [2.45, 2.75) is 32.6 Å². The minimum absolute atomic E-state index is 0.199. The quantitative estimate of drug-likeness (QED) is 0.788. The van der Waals surface area contributed by atoms with E-state index < -0.39 is 5.91 Å². The average Bonchev–Trinajstić information content (AvgIpc) is 3.18. The largest absolute Gasteiger partial charge is 0.448 e. The van der Waals surface area contributed by atoms with Crippen molar-refractivity contribution in [1.82, 2.24) is 19.7 Å². The van der Waals surface area contributed by atoms with Crippen LogP contribution in [0.25, 0.3) is 5.69 Å². The molecule has 1 fully saturated rings. The van der Waals surface area contributed by atoms with Crippen LogP contribution in [-0.4, -0.2) is 25.7 Å². The highest BCUT2D eigenvalue weighted by atomic mass is 19.1. The Morgan fingerprint density at radius 3 is 2.84 bits per heavy atom. The molecule has 0 bridgehead atoms. The summed E-state index contributed by atoms with van der Waals surface area (Å²) in [7, 11) is 0. The highest BCUT2D eigenvalue weighted by Gasteiger charge is 2.29. The Bertz CT molecular complexity index is 958. The maximum atomic E-state index is 13.3. The number of hydrogen-bond acceptors (Lipinski definition) is 5. The lowest BCUT2D eigenvalue weighted by Crippen LogP contribution is -2.16. The summed E-state index contributed by atoms with van der Waals surface area (Å²) in [4.78, 5) is 20.9. The Hall–Kier alpha value is -3.03. The number of carbonyl (C=O) groups is 1. The highest BCUT2D eigenvalue weighted by molar-refractivity contribution is 6.01. The lowest BCUT2D eigenvalue weighted by atomic mass is 10.2. The van der Waals surface area contributed by atoms with Crippen molar-refractivity contribution < 1.29 is 13.6 Å². The van der Waals surface area contributed by atoms with Crippen molar-refractivity contribution in [3.63, 3.8) is 0 Å². The third-order valence-corrected chi connectivity index (χ3v) is 4.01. The molecule has 0 radical (unpaired) electrons. The molecule has 2 heterocycles. The van der Waals surface area contributed by atoms with Crippen molar-refractivity contribution in [2.75, 3.05) is 5.32 Å². The topological polar surface area (TPSA) is 85.8 Å². The molecule has 1 amide bonds. The van der Waals surface area contributed by atoms with Crippen LogP contribution in [0, 0.1) is 19.7 Å². The van der Waals surface area contributed by atoms with Gasteiger partial charge in [0.05, 0.1) is 5.69 Å². The van der Waals surface area contributed by atoms with Gasteiger partial charge in [-0.2, -0.15) is 9.67 Å². The van der Waals surface area contributed by atoms with Crippen LogP contribution >= 0.6 is 0 Å². The zero-order valence-corrected chi connectivity index (χ0v) is 13.8. The first-order valence-corrected chi connectivity index (χ1v) is 7.98. The third kappa shape index (κ3) is 3.02. The predicted octanol–water partition coefficient (Wildman–Crippen LogP) is 3.14. The van der Waals surface area contributed by atoms with E-state index in [9.17, 15) is 9.18 Å². The van der Waals surface area contributed by atoms with Crippen LogP contribution in [0.3, 0.4) is 0 Å². The number of oxazole rings is 1. The van der Waals surface area contributed by atoms with Gasteiger partial charge < -0.3 is 4.42 Å². The maximum Gasteiger partial charge on any atom is 0.279 e. The molecule has 0 atom stereocenters. The van der Waals surface area contributed by atoms with E-state index in [1.165, 1.54) is 23.1 Å². The summed E-state index contributed by atoms with van der Waals surface area (Å²) in [5.41, 5.74) is 1.51. The molecule has 0 saturated heterocycles. The minimum atomic E-state index is -0.427. The molecule has 1 N–H and O–H groups in total. The van der Waals surface area contributed by atoms with E-state index in [0.717, 1.165) is 12.8 Å². The van der Waals surface area contributed by atoms with E-state index in [0.29, 0.717) is 28.9 Å². The second-order valence-corrected chi connectivity index (χ2v) is 6.12. The Kier molecular flexibility index (Phi) is 3.60. The molecule has 2 aromatic heterocycles. The summed E-state index contributed by atoms with van der Waals surface area (Å²) < 4.78 is 20.2. The van der Waals surface area contributed by atoms with Crippen LogP contribution in [-0.2, 0) is 0 Å². The van der Waals surface area contributed by atoms with E-state index in [1.54, 1.807) is 19.9 Å². The van der Waals surface area contributed by atoms with Gasteiger partial charge in [0.25, 0.3) is 5.91 Å². The number of aryl methyl sites for hydroxylation is 2. The van der Waals surface area contributed by atoms with Gasteiger partial charge in [0.15, 0.2) is 11.6 Å². The van der Waals surface area contributed by atoms with Crippen LogP contribution < -0.4 is 5.32 Å². The Morgan fingerprint density at radius 1 is 1.32 bits per heavy atom. The molecule has 25 heavy (non-hydrogen) atoms. The molecular weight excluding hydrogens is 325 g/mol. The first-order chi connectivity index (χ1) is 12.0. The molecule has 0 spiro atoms. The zero-order valence-electron chi connectivity index (χ0n) is 13.8. The Morgan fingerprint density at radius 2 is 2.12 bits per heavy atom. The van der Waals surface area contributed by atoms with E-state index in [2.05, 4.69) is 20.4 Å². The van der Waals surface area contributed by atoms with E-state index in [4.69, 9.17) is 4.42 Å². The van der Waals surface area contributed by atoms with Gasteiger partial charge in [-0.3, -0.25) is 10.1 Å². The van der Waals surface area contributed by atoms with Gasteiger partial charge in [-0.05, 0) is 50.5 Å². The highest BCUT2D eigenvalue weighted by Crippen LogP contribution is 2.39. The van der Waals surface area contributed by atoms with Gasteiger partial charge in [0.1, 0.15) is 17.9 Å². The number of nitrogens with one attached hydrogen (secondary N) is 1. The molecule has 3 aromatic rings. The Balaban J connectivity index is 1.62. The van der Waals surface area contributed by atoms with Crippen molar-refractivity contribution in [2.24, 2.45) is 0 Å². The van der Waals surface area contributed by atoms with Crippen LogP contribution in [0.15, 0.2) is 28.9 Å². The second-order valence-electron chi connectivity index (χ2n) is 6.12. The van der Waals surface area contributed by atoms with Crippen molar-refractivity contribution in [3.05, 3.63) is 53.3 Å². The number of nitrogens with zero attached hydrogens (tertiary/aromatic N) is 4. The fourth-order valence-corrected chi connectivity index (χ4v) is 2.60. The summed E-state index contributed by atoms with van der Waals surface area (Å²) in [6.07, 6.45) is 3.43. The van der Waals surface area contributed by atoms with Crippen LogP contribution in [0.1, 0.15) is 46.5 Å². The SMILES string of the molecule is Cc1nc(NC(=O)c2coc(C3CC3)n2)n(-c2ccc(F)cc2C)n1. The molecule has 1 saturated carbocycles. The van der Waals surface area contributed by atoms with Crippen molar-refractivity contribution in [1.29, 1.82) is 0 Å². The molecule has 8 heteroatoms. The van der Waals surface area contributed by atoms with E-state index >= 15 is 0 Å². The molecule has 1 aromatic carbocycles. The molecule has 1 aliphatic rings. The standard InChI is InChI=1S/C17H16FN5O2/c1-9-7-12(18)5-6-14(9)23-17(19-10(2)22-23)21-15(24)13-8-25-16(20-13)11-3-4-11/h5-8,11H,3-4H2,1-2H3,(H,19,21,22,24). The smallest absolute Gasteiger partial charge is 0.279 e. The average molecular weight is 341 g/mol. The van der Waals surface area contributed by atoms with Gasteiger partial charge in [0, 0.05) is 5.92 Å². The molecule has 4 rings (SSSR count). The fourth-order valence-electron chi connectivity index (χ4n) is 2.60. The number of anilines is 1. The molecule has 128 valence electrons. The molecule has 7 nitrogen and oxygen atoms in total. The normalized spacial score (nSPS) is 13.9. The number of rotatable bonds is 4. The number of amides is 1. The van der Waals surface area contributed by atoms with Gasteiger partial charge >= 0.3 is 0 Å². The van der Waals surface area contributed by atoms with E-state index in [-0.39, 0.29) is 17.5 Å². The van der Waals surface area contributed by atoms with Gasteiger partial charge in [-0.25, -0.2) is 9.37 Å². The fraction of sp³-hybridized carbons (Fsp3) is 0.294. The van der Waals surface area contributed by atoms with Gasteiger partial charge in [-0.1, -0.05) is 0 Å². The molecular formula is C17H16FN5O2. The van der Waals surface area contributed by atoms with E-state index in [1.807, 2.05) is 0 Å². The maximum absolute atomic E-state index is 13.3. The monoisotopic (exact) mass is 341 g/mol. The predicted molar refractivity (Wildman–Crippen MR) is 87.2 cm³/mol. The van der Waals surface area contributed by atoms with Gasteiger partial charge in [0.2, 0.25) is 5.95 Å². The summed E-state index contributed by atoms with van der Waals surface area (Å²) in [5, 5.41) is 6.98. The van der Waals surface area contributed by atoms with Crippen LogP contribution in [0.5, 0.6) is 0 Å². The Labute approximate surface area is 142 Å². The second kappa shape index (κ2) is 5.80. The summed E-state index contributed by atoms with van der Waals surface area (Å²) in [6, 6.07) is 4.33. The summed E-state index contributed by atoms with van der Waals surface area (Å²) in [5.74, 6) is 0.889. The van der Waals surface area contributed by atoms with Crippen LogP contribution in [0.2, 0.25) is 0 Å². The molecule has 0 aliphatic heterocycles. The summed E-state index contributed by atoms with van der Waals surface area (Å²) in [6.45, 7) is 3.48. The van der Waals surface area contributed by atoms with Crippen LogP contribution in [0.4, 0.5) is 10.3 Å².